The Morgan fingerprint density at radius 2 is 2.04 bits per heavy atom. The minimum absolute atomic E-state index is 0.186. The fourth-order valence-corrected chi connectivity index (χ4v) is 3.13. The lowest BCUT2D eigenvalue weighted by Crippen LogP contribution is -2.42. The molecule has 0 aliphatic carbocycles. The minimum Gasteiger partial charge on any atom is -0.496 e. The van der Waals surface area contributed by atoms with E-state index in [4.69, 9.17) is 16.3 Å². The van der Waals surface area contributed by atoms with Gasteiger partial charge in [0.15, 0.2) is 0 Å². The Bertz CT molecular complexity index is 703. The summed E-state index contributed by atoms with van der Waals surface area (Å²) in [6, 6.07) is 3.95. The summed E-state index contributed by atoms with van der Waals surface area (Å²) in [6.07, 6.45) is 1.51. The standard InChI is InChI=1S/C15H14ClNO5S/c1-8(14(19)22-3)17-13(18)12(23-15(17)20)7-9-6-10(16)4-5-11(9)21-2/h4-8H,1-3H3/b12-7+. The van der Waals surface area contributed by atoms with E-state index < -0.39 is 23.2 Å². The van der Waals surface area contributed by atoms with Gasteiger partial charge in [0.05, 0.1) is 19.1 Å². The summed E-state index contributed by atoms with van der Waals surface area (Å²) in [5, 5.41) is -0.0562. The molecule has 0 aromatic heterocycles. The van der Waals surface area contributed by atoms with Crippen molar-refractivity contribution < 1.29 is 23.9 Å². The van der Waals surface area contributed by atoms with Gasteiger partial charge in [0.25, 0.3) is 11.1 Å². The maximum Gasteiger partial charge on any atom is 0.328 e. The van der Waals surface area contributed by atoms with Crippen LogP contribution in [0.2, 0.25) is 5.02 Å². The van der Waals surface area contributed by atoms with Crippen molar-refractivity contribution in [3.63, 3.8) is 0 Å². The molecule has 1 unspecified atom stereocenters. The Hall–Kier alpha value is -1.99. The molecule has 2 amide bonds. The van der Waals surface area contributed by atoms with Crippen molar-refractivity contribution in [3.05, 3.63) is 33.7 Å². The second-order valence-electron chi connectivity index (χ2n) is 4.64. The number of methoxy groups -OCH3 is 2. The highest BCUT2D eigenvalue weighted by molar-refractivity contribution is 8.18. The monoisotopic (exact) mass is 355 g/mol. The zero-order valence-corrected chi connectivity index (χ0v) is 14.2. The fraction of sp³-hybridized carbons (Fsp3) is 0.267. The Morgan fingerprint density at radius 3 is 2.65 bits per heavy atom. The molecule has 1 atom stereocenters. The Kier molecular flexibility index (Phi) is 5.33. The van der Waals surface area contributed by atoms with Crippen molar-refractivity contribution in [1.82, 2.24) is 4.90 Å². The summed E-state index contributed by atoms with van der Waals surface area (Å²) in [5.74, 6) is -0.698. The van der Waals surface area contributed by atoms with E-state index in [2.05, 4.69) is 4.74 Å². The molecule has 6 nitrogen and oxygen atoms in total. The van der Waals surface area contributed by atoms with Crippen LogP contribution in [0, 0.1) is 0 Å². The number of esters is 1. The van der Waals surface area contributed by atoms with Gasteiger partial charge in [0.1, 0.15) is 11.8 Å². The van der Waals surface area contributed by atoms with Crippen LogP contribution >= 0.6 is 23.4 Å². The normalized spacial score (nSPS) is 17.6. The molecule has 0 spiro atoms. The van der Waals surface area contributed by atoms with Crippen LogP contribution in [0.3, 0.4) is 0 Å². The van der Waals surface area contributed by atoms with Gasteiger partial charge in [-0.05, 0) is 43.0 Å². The predicted molar refractivity (Wildman–Crippen MR) is 87.3 cm³/mol. The van der Waals surface area contributed by atoms with Crippen molar-refractivity contribution in [2.24, 2.45) is 0 Å². The van der Waals surface area contributed by atoms with Crippen molar-refractivity contribution >= 4 is 46.6 Å². The quantitative estimate of drug-likeness (QED) is 0.610. The van der Waals surface area contributed by atoms with Crippen LogP contribution in [-0.4, -0.2) is 42.3 Å². The number of benzene rings is 1. The van der Waals surface area contributed by atoms with Crippen molar-refractivity contribution in [2.75, 3.05) is 14.2 Å². The van der Waals surface area contributed by atoms with Crippen molar-refractivity contribution in [1.29, 1.82) is 0 Å². The molecule has 1 aliphatic heterocycles. The van der Waals surface area contributed by atoms with Gasteiger partial charge >= 0.3 is 5.97 Å². The highest BCUT2D eigenvalue weighted by Gasteiger charge is 2.41. The molecule has 0 bridgehead atoms. The third kappa shape index (κ3) is 3.51. The molecular formula is C15H14ClNO5S. The van der Waals surface area contributed by atoms with Gasteiger partial charge in [-0.15, -0.1) is 0 Å². The smallest absolute Gasteiger partial charge is 0.328 e. The van der Waals surface area contributed by atoms with E-state index in [1.165, 1.54) is 27.2 Å². The number of rotatable bonds is 4. The van der Waals surface area contributed by atoms with Gasteiger partial charge in [0, 0.05) is 10.6 Å². The van der Waals surface area contributed by atoms with E-state index in [0.717, 1.165) is 16.7 Å². The molecule has 1 saturated heterocycles. The molecule has 1 fully saturated rings. The third-order valence-electron chi connectivity index (χ3n) is 3.23. The van der Waals surface area contributed by atoms with Gasteiger partial charge in [-0.3, -0.25) is 14.5 Å². The lowest BCUT2D eigenvalue weighted by Gasteiger charge is -2.18. The molecule has 1 heterocycles. The lowest BCUT2D eigenvalue weighted by atomic mass is 10.1. The molecule has 122 valence electrons. The van der Waals surface area contributed by atoms with Crippen LogP contribution < -0.4 is 4.74 Å². The molecule has 8 heteroatoms. The maximum atomic E-state index is 12.4. The first-order valence-electron chi connectivity index (χ1n) is 6.57. The van der Waals surface area contributed by atoms with E-state index in [0.29, 0.717) is 16.3 Å². The number of carbonyl (C=O) groups is 3. The molecule has 0 N–H and O–H groups in total. The predicted octanol–water partition coefficient (Wildman–Crippen LogP) is 2.95. The van der Waals surface area contributed by atoms with Crippen LogP contribution in [0.15, 0.2) is 23.1 Å². The minimum atomic E-state index is -0.986. The van der Waals surface area contributed by atoms with E-state index >= 15 is 0 Å². The summed E-state index contributed by atoms with van der Waals surface area (Å²) in [5.41, 5.74) is 0.566. The molecule has 2 rings (SSSR count). The Morgan fingerprint density at radius 1 is 1.35 bits per heavy atom. The largest absolute Gasteiger partial charge is 0.496 e. The Labute approximate surface area is 142 Å². The summed E-state index contributed by atoms with van der Waals surface area (Å²) in [6.45, 7) is 1.44. The van der Waals surface area contributed by atoms with Crippen LogP contribution in [-0.2, 0) is 14.3 Å². The van der Waals surface area contributed by atoms with E-state index in [1.807, 2.05) is 0 Å². The molecular weight excluding hydrogens is 342 g/mol. The summed E-state index contributed by atoms with van der Waals surface area (Å²) in [7, 11) is 2.69. The fourth-order valence-electron chi connectivity index (χ4n) is 2.05. The molecule has 0 saturated carbocycles. The SMILES string of the molecule is COC(=O)C(C)N1C(=O)S/C(=C/c2cc(Cl)ccc2OC)C1=O. The second kappa shape index (κ2) is 7.06. The molecule has 23 heavy (non-hydrogen) atoms. The zero-order valence-electron chi connectivity index (χ0n) is 12.7. The summed E-state index contributed by atoms with van der Waals surface area (Å²) >= 11 is 6.70. The maximum absolute atomic E-state index is 12.4. The molecule has 1 aromatic carbocycles. The number of hydrogen-bond acceptors (Lipinski definition) is 6. The number of hydrogen-bond donors (Lipinski definition) is 0. The number of carbonyl (C=O) groups excluding carboxylic acids is 3. The van der Waals surface area contributed by atoms with Crippen molar-refractivity contribution in [3.8, 4) is 5.75 Å². The van der Waals surface area contributed by atoms with E-state index in [-0.39, 0.29) is 4.91 Å². The van der Waals surface area contributed by atoms with Crippen LogP contribution in [0.5, 0.6) is 5.75 Å². The van der Waals surface area contributed by atoms with Crippen LogP contribution in [0.25, 0.3) is 6.08 Å². The highest BCUT2D eigenvalue weighted by Crippen LogP contribution is 2.35. The lowest BCUT2D eigenvalue weighted by molar-refractivity contribution is -0.148. The van der Waals surface area contributed by atoms with Gasteiger partial charge < -0.3 is 9.47 Å². The first-order chi connectivity index (χ1) is 10.9. The molecule has 1 aromatic rings. The number of nitrogens with zero attached hydrogens (tertiary/aromatic N) is 1. The number of imide groups is 1. The number of amides is 2. The van der Waals surface area contributed by atoms with E-state index in [9.17, 15) is 14.4 Å². The molecule has 1 aliphatic rings. The highest BCUT2D eigenvalue weighted by atomic mass is 35.5. The average Bonchev–Trinajstić information content (AvgIpc) is 2.80. The number of thioether (sulfide) groups is 1. The van der Waals surface area contributed by atoms with Crippen LogP contribution in [0.1, 0.15) is 12.5 Å². The average molecular weight is 356 g/mol. The van der Waals surface area contributed by atoms with Crippen LogP contribution in [0.4, 0.5) is 4.79 Å². The van der Waals surface area contributed by atoms with Gasteiger partial charge in [-0.2, -0.15) is 0 Å². The number of halogens is 1. The molecule has 0 radical (unpaired) electrons. The summed E-state index contributed by atoms with van der Waals surface area (Å²) in [4.78, 5) is 37.1. The number of ether oxygens (including phenoxy) is 2. The first-order valence-corrected chi connectivity index (χ1v) is 7.77. The first kappa shape index (κ1) is 17.4. The topological polar surface area (TPSA) is 72.9 Å². The zero-order chi connectivity index (χ0) is 17.1. The van der Waals surface area contributed by atoms with Gasteiger partial charge in [-0.25, -0.2) is 4.79 Å². The summed E-state index contributed by atoms with van der Waals surface area (Å²) < 4.78 is 9.78. The Balaban J connectivity index is 2.36. The van der Waals surface area contributed by atoms with Gasteiger partial charge in [0.2, 0.25) is 0 Å². The second-order valence-corrected chi connectivity index (χ2v) is 6.07. The van der Waals surface area contributed by atoms with E-state index in [1.54, 1.807) is 18.2 Å². The van der Waals surface area contributed by atoms with Gasteiger partial charge in [-0.1, -0.05) is 11.6 Å². The van der Waals surface area contributed by atoms with Crippen molar-refractivity contribution in [2.45, 2.75) is 13.0 Å². The third-order valence-corrected chi connectivity index (χ3v) is 4.35.